The van der Waals surface area contributed by atoms with E-state index in [1.807, 2.05) is 18.9 Å². The molecule has 0 spiro atoms. The summed E-state index contributed by atoms with van der Waals surface area (Å²) in [4.78, 5) is 11.7. The predicted molar refractivity (Wildman–Crippen MR) is 65.9 cm³/mol. The monoisotopic (exact) mass is 256 g/mol. The van der Waals surface area contributed by atoms with Gasteiger partial charge in [-0.05, 0) is 25.6 Å². The number of nitrogens with zero attached hydrogens (tertiary/aromatic N) is 2. The van der Waals surface area contributed by atoms with Crippen LogP contribution in [0.5, 0.6) is 0 Å². The molecule has 6 heteroatoms. The molecule has 0 saturated heterocycles. The lowest BCUT2D eigenvalue weighted by molar-refractivity contribution is -0.387. The number of hydrogen-bond acceptors (Lipinski definition) is 4. The number of rotatable bonds is 6. The molecular formula is C12H17FN2O3. The van der Waals surface area contributed by atoms with Crippen molar-refractivity contribution in [2.75, 3.05) is 20.7 Å². The Kier molecular flexibility index (Phi) is 5.18. The Morgan fingerprint density at radius 1 is 1.56 bits per heavy atom. The van der Waals surface area contributed by atoms with Gasteiger partial charge in [0.15, 0.2) is 0 Å². The van der Waals surface area contributed by atoms with E-state index in [1.165, 1.54) is 12.1 Å². The topological polar surface area (TPSA) is 55.6 Å². The van der Waals surface area contributed by atoms with Gasteiger partial charge in [-0.2, -0.15) is 4.39 Å². The Balaban J connectivity index is 2.68. The van der Waals surface area contributed by atoms with Crippen molar-refractivity contribution < 1.29 is 14.1 Å². The molecule has 1 aromatic rings. The number of ether oxygens (including phenoxy) is 1. The minimum atomic E-state index is -0.800. The Bertz CT molecular complexity index is 426. The van der Waals surface area contributed by atoms with Crippen molar-refractivity contribution in [1.29, 1.82) is 0 Å². The van der Waals surface area contributed by atoms with Crippen LogP contribution >= 0.6 is 0 Å². The van der Waals surface area contributed by atoms with Crippen LogP contribution in [-0.4, -0.2) is 36.6 Å². The molecule has 0 amide bonds. The van der Waals surface area contributed by atoms with Gasteiger partial charge in [-0.3, -0.25) is 15.0 Å². The van der Waals surface area contributed by atoms with Gasteiger partial charge in [-0.15, -0.1) is 0 Å². The van der Waals surface area contributed by atoms with Gasteiger partial charge in [0.2, 0.25) is 5.82 Å². The summed E-state index contributed by atoms with van der Waals surface area (Å²) in [5, 5.41) is 10.5. The van der Waals surface area contributed by atoms with Crippen LogP contribution in [0.3, 0.4) is 0 Å². The molecular weight excluding hydrogens is 239 g/mol. The standard InChI is InChI=1S/C12H17FN2O3/c1-9(18-3)7-14(2)8-10-4-5-12(15(16)17)11(13)6-10/h4-6,9H,7-8H2,1-3H3. The zero-order valence-electron chi connectivity index (χ0n) is 10.7. The summed E-state index contributed by atoms with van der Waals surface area (Å²) in [7, 11) is 3.51. The number of benzene rings is 1. The van der Waals surface area contributed by atoms with Crippen molar-refractivity contribution in [1.82, 2.24) is 4.90 Å². The van der Waals surface area contributed by atoms with Crippen molar-refractivity contribution in [2.45, 2.75) is 19.6 Å². The maximum atomic E-state index is 13.4. The molecule has 0 aliphatic heterocycles. The lowest BCUT2D eigenvalue weighted by atomic mass is 10.2. The SMILES string of the molecule is COC(C)CN(C)Cc1ccc([N+](=O)[O-])c(F)c1. The van der Waals surface area contributed by atoms with Crippen LogP contribution in [0.2, 0.25) is 0 Å². The highest BCUT2D eigenvalue weighted by Crippen LogP contribution is 2.18. The summed E-state index contributed by atoms with van der Waals surface area (Å²) in [6.07, 6.45) is 0.0814. The first-order chi connectivity index (χ1) is 8.43. The molecule has 18 heavy (non-hydrogen) atoms. The van der Waals surface area contributed by atoms with E-state index >= 15 is 0 Å². The molecule has 0 fully saturated rings. The van der Waals surface area contributed by atoms with E-state index in [2.05, 4.69) is 0 Å². The molecule has 0 heterocycles. The Hall–Kier alpha value is -1.53. The number of nitro groups is 1. The maximum absolute atomic E-state index is 13.4. The average Bonchev–Trinajstić information content (AvgIpc) is 2.28. The summed E-state index contributed by atoms with van der Waals surface area (Å²) in [6, 6.07) is 3.96. The van der Waals surface area contributed by atoms with Crippen molar-refractivity contribution in [2.24, 2.45) is 0 Å². The zero-order chi connectivity index (χ0) is 13.7. The minimum Gasteiger partial charge on any atom is -0.380 e. The van der Waals surface area contributed by atoms with Crippen molar-refractivity contribution in [3.63, 3.8) is 0 Å². The fourth-order valence-electron chi connectivity index (χ4n) is 1.69. The van der Waals surface area contributed by atoms with Gasteiger partial charge in [-0.25, -0.2) is 0 Å². The highest BCUT2D eigenvalue weighted by atomic mass is 19.1. The third kappa shape index (κ3) is 4.05. The summed E-state index contributed by atoms with van der Waals surface area (Å²) in [5.74, 6) is -0.800. The Labute approximate surface area is 105 Å². The molecule has 5 nitrogen and oxygen atoms in total. The minimum absolute atomic E-state index is 0.0814. The lowest BCUT2D eigenvalue weighted by Gasteiger charge is -2.20. The number of hydrogen-bond donors (Lipinski definition) is 0. The van der Waals surface area contributed by atoms with Crippen LogP contribution < -0.4 is 0 Å². The first-order valence-electron chi connectivity index (χ1n) is 5.58. The summed E-state index contributed by atoms with van der Waals surface area (Å²) < 4.78 is 18.5. The Morgan fingerprint density at radius 2 is 2.22 bits per heavy atom. The fourth-order valence-corrected chi connectivity index (χ4v) is 1.69. The number of likely N-dealkylation sites (N-methyl/N-ethyl adjacent to an activating group) is 1. The smallest absolute Gasteiger partial charge is 0.304 e. The van der Waals surface area contributed by atoms with Crippen LogP contribution in [0.1, 0.15) is 12.5 Å². The van der Waals surface area contributed by atoms with Crippen LogP contribution in [0.25, 0.3) is 0 Å². The van der Waals surface area contributed by atoms with Gasteiger partial charge in [0.1, 0.15) is 0 Å². The van der Waals surface area contributed by atoms with Gasteiger partial charge < -0.3 is 4.74 Å². The third-order valence-corrected chi connectivity index (χ3v) is 2.63. The molecule has 0 aliphatic rings. The number of methoxy groups -OCH3 is 1. The van der Waals surface area contributed by atoms with E-state index in [0.29, 0.717) is 18.7 Å². The third-order valence-electron chi connectivity index (χ3n) is 2.63. The van der Waals surface area contributed by atoms with E-state index < -0.39 is 16.4 Å². The molecule has 0 N–H and O–H groups in total. The molecule has 0 aromatic heterocycles. The maximum Gasteiger partial charge on any atom is 0.304 e. The van der Waals surface area contributed by atoms with Crippen molar-refractivity contribution in [3.8, 4) is 0 Å². The number of halogens is 1. The molecule has 0 saturated carbocycles. The molecule has 1 aromatic carbocycles. The van der Waals surface area contributed by atoms with Gasteiger partial charge in [0, 0.05) is 26.3 Å². The molecule has 1 atom stereocenters. The van der Waals surface area contributed by atoms with Crippen LogP contribution in [0.4, 0.5) is 10.1 Å². The molecule has 100 valence electrons. The second kappa shape index (κ2) is 6.42. The number of nitro benzene ring substituents is 1. The summed E-state index contributed by atoms with van der Waals surface area (Å²) >= 11 is 0. The molecule has 0 aliphatic carbocycles. The normalized spacial score (nSPS) is 12.7. The van der Waals surface area contributed by atoms with E-state index in [0.717, 1.165) is 0 Å². The molecule has 0 radical (unpaired) electrons. The van der Waals surface area contributed by atoms with Gasteiger partial charge in [0.05, 0.1) is 11.0 Å². The molecule has 0 bridgehead atoms. The molecule has 1 rings (SSSR count). The van der Waals surface area contributed by atoms with Crippen molar-refractivity contribution in [3.05, 3.63) is 39.7 Å². The first kappa shape index (κ1) is 14.5. The van der Waals surface area contributed by atoms with Gasteiger partial charge in [0.25, 0.3) is 0 Å². The Morgan fingerprint density at radius 3 is 2.72 bits per heavy atom. The molecule has 1 unspecified atom stereocenters. The van der Waals surface area contributed by atoms with E-state index in [4.69, 9.17) is 4.74 Å². The van der Waals surface area contributed by atoms with Crippen LogP contribution in [-0.2, 0) is 11.3 Å². The highest BCUT2D eigenvalue weighted by molar-refractivity contribution is 5.34. The van der Waals surface area contributed by atoms with E-state index in [9.17, 15) is 14.5 Å². The van der Waals surface area contributed by atoms with Crippen LogP contribution in [0, 0.1) is 15.9 Å². The zero-order valence-corrected chi connectivity index (χ0v) is 10.7. The fraction of sp³-hybridized carbons (Fsp3) is 0.500. The average molecular weight is 256 g/mol. The van der Waals surface area contributed by atoms with Gasteiger partial charge >= 0.3 is 5.69 Å². The largest absolute Gasteiger partial charge is 0.380 e. The summed E-state index contributed by atoms with van der Waals surface area (Å²) in [6.45, 7) is 3.16. The van der Waals surface area contributed by atoms with Gasteiger partial charge in [-0.1, -0.05) is 6.07 Å². The predicted octanol–water partition coefficient (Wildman–Crippen LogP) is 2.20. The first-order valence-corrected chi connectivity index (χ1v) is 5.58. The van der Waals surface area contributed by atoms with Crippen molar-refractivity contribution >= 4 is 5.69 Å². The second-order valence-electron chi connectivity index (χ2n) is 4.29. The highest BCUT2D eigenvalue weighted by Gasteiger charge is 2.14. The summed E-state index contributed by atoms with van der Waals surface area (Å²) in [5.41, 5.74) is 0.204. The van der Waals surface area contributed by atoms with Crippen LogP contribution in [0.15, 0.2) is 18.2 Å². The second-order valence-corrected chi connectivity index (χ2v) is 4.29. The van der Waals surface area contributed by atoms with E-state index in [-0.39, 0.29) is 6.10 Å². The van der Waals surface area contributed by atoms with E-state index in [1.54, 1.807) is 13.2 Å². The quantitative estimate of drug-likeness (QED) is 0.578. The lowest BCUT2D eigenvalue weighted by Crippen LogP contribution is -2.28.